The van der Waals surface area contributed by atoms with E-state index in [4.69, 9.17) is 0 Å². The Balaban J connectivity index is 0.00000364. The van der Waals surface area contributed by atoms with Gasteiger partial charge in [-0.15, -0.1) is 24.0 Å². The van der Waals surface area contributed by atoms with Crippen molar-refractivity contribution in [2.45, 2.75) is 64.2 Å². The third kappa shape index (κ3) is 8.50. The van der Waals surface area contributed by atoms with Crippen molar-refractivity contribution in [3.8, 4) is 0 Å². The van der Waals surface area contributed by atoms with Crippen LogP contribution in [0.5, 0.6) is 0 Å². The Morgan fingerprint density at radius 3 is 2.59 bits per heavy atom. The molecule has 2 rings (SSSR count). The molecule has 154 valence electrons. The van der Waals surface area contributed by atoms with Crippen molar-refractivity contribution in [3.63, 3.8) is 0 Å². The Kier molecular flexibility index (Phi) is 10.9. The lowest BCUT2D eigenvalue weighted by molar-refractivity contribution is 0.355. The summed E-state index contributed by atoms with van der Waals surface area (Å²) in [6.07, 6.45) is 5.37. The van der Waals surface area contributed by atoms with Gasteiger partial charge in [-0.2, -0.15) is 0 Å². The van der Waals surface area contributed by atoms with Gasteiger partial charge < -0.3 is 10.6 Å². The standard InChI is InChI=1S/C21H35N3OS.HI/c1-5-26(25)19-13-9-12-18(14-19)24-20(22-4)23-16-21(2,3)15-17-10-7-6-8-11-17;/h6-8,10-11,18-19H,5,9,12-16H2,1-4H3,(H2,22,23,24);1H. The number of hydrogen-bond donors (Lipinski definition) is 2. The molecule has 0 aromatic heterocycles. The third-order valence-electron chi connectivity index (χ3n) is 5.11. The Labute approximate surface area is 184 Å². The minimum atomic E-state index is -0.692. The Hall–Kier alpha value is -0.630. The van der Waals surface area contributed by atoms with E-state index < -0.39 is 10.8 Å². The highest BCUT2D eigenvalue weighted by Gasteiger charge is 2.26. The monoisotopic (exact) mass is 505 g/mol. The molecular weight excluding hydrogens is 469 g/mol. The fraction of sp³-hybridized carbons (Fsp3) is 0.667. The van der Waals surface area contributed by atoms with Gasteiger partial charge in [-0.05, 0) is 36.7 Å². The van der Waals surface area contributed by atoms with Crippen molar-refractivity contribution < 1.29 is 4.21 Å². The number of nitrogens with zero attached hydrogens (tertiary/aromatic N) is 1. The summed E-state index contributed by atoms with van der Waals surface area (Å²) in [6.45, 7) is 7.43. The maximum absolute atomic E-state index is 12.1. The summed E-state index contributed by atoms with van der Waals surface area (Å²) in [5.74, 6) is 1.62. The summed E-state index contributed by atoms with van der Waals surface area (Å²) in [5.41, 5.74) is 1.50. The minimum Gasteiger partial charge on any atom is -0.356 e. The van der Waals surface area contributed by atoms with E-state index in [9.17, 15) is 4.21 Å². The molecule has 1 aromatic rings. The molecule has 1 aliphatic carbocycles. The van der Waals surface area contributed by atoms with Crippen LogP contribution in [-0.4, -0.2) is 40.8 Å². The van der Waals surface area contributed by atoms with Crippen LogP contribution in [0.3, 0.4) is 0 Å². The molecule has 4 nitrogen and oxygen atoms in total. The predicted molar refractivity (Wildman–Crippen MR) is 129 cm³/mol. The molecule has 0 saturated heterocycles. The third-order valence-corrected chi connectivity index (χ3v) is 6.85. The van der Waals surface area contributed by atoms with E-state index in [2.05, 4.69) is 59.8 Å². The summed E-state index contributed by atoms with van der Waals surface area (Å²) in [5, 5.41) is 7.39. The lowest BCUT2D eigenvalue weighted by atomic mass is 9.86. The van der Waals surface area contributed by atoms with Crippen LogP contribution in [0.1, 0.15) is 52.0 Å². The largest absolute Gasteiger partial charge is 0.356 e. The first-order chi connectivity index (χ1) is 12.4. The lowest BCUT2D eigenvalue weighted by Gasteiger charge is -2.31. The average molecular weight is 506 g/mol. The van der Waals surface area contributed by atoms with Crippen LogP contribution in [0.15, 0.2) is 35.3 Å². The van der Waals surface area contributed by atoms with Crippen molar-refractivity contribution in [1.82, 2.24) is 10.6 Å². The summed E-state index contributed by atoms with van der Waals surface area (Å²) >= 11 is 0. The van der Waals surface area contributed by atoms with Crippen molar-refractivity contribution in [1.29, 1.82) is 0 Å². The first kappa shape index (κ1) is 24.4. The van der Waals surface area contributed by atoms with Gasteiger partial charge in [0.15, 0.2) is 5.96 Å². The van der Waals surface area contributed by atoms with E-state index in [1.54, 1.807) is 0 Å². The molecule has 1 saturated carbocycles. The van der Waals surface area contributed by atoms with Crippen LogP contribution in [0.4, 0.5) is 0 Å². The van der Waals surface area contributed by atoms with Crippen LogP contribution >= 0.6 is 24.0 Å². The molecular formula is C21H36IN3OS. The van der Waals surface area contributed by atoms with E-state index in [0.29, 0.717) is 11.3 Å². The first-order valence-electron chi connectivity index (χ1n) is 9.82. The molecule has 0 aliphatic heterocycles. The number of aliphatic imine (C=N–C) groups is 1. The number of halogens is 1. The van der Waals surface area contributed by atoms with Gasteiger partial charge in [0.25, 0.3) is 0 Å². The second-order valence-corrected chi connectivity index (χ2v) is 10.1. The molecule has 27 heavy (non-hydrogen) atoms. The average Bonchev–Trinajstić information content (AvgIpc) is 2.65. The highest BCUT2D eigenvalue weighted by Crippen LogP contribution is 2.23. The molecule has 2 N–H and O–H groups in total. The van der Waals surface area contributed by atoms with Crippen molar-refractivity contribution in [2.75, 3.05) is 19.3 Å². The molecule has 1 aliphatic rings. The Morgan fingerprint density at radius 1 is 1.26 bits per heavy atom. The van der Waals surface area contributed by atoms with Gasteiger partial charge in [-0.3, -0.25) is 9.20 Å². The first-order valence-corrected chi connectivity index (χ1v) is 11.2. The van der Waals surface area contributed by atoms with E-state index in [1.165, 1.54) is 5.56 Å². The summed E-state index contributed by atoms with van der Waals surface area (Å²) in [7, 11) is 1.13. The molecule has 1 fully saturated rings. The fourth-order valence-corrected chi connectivity index (χ4v) is 5.02. The molecule has 3 unspecified atom stereocenters. The maximum Gasteiger partial charge on any atom is 0.191 e. The fourth-order valence-electron chi connectivity index (χ4n) is 3.67. The molecule has 6 heteroatoms. The summed E-state index contributed by atoms with van der Waals surface area (Å²) in [6, 6.07) is 11.0. The minimum absolute atomic E-state index is 0. The second-order valence-electron chi connectivity index (χ2n) is 8.05. The highest BCUT2D eigenvalue weighted by atomic mass is 127. The van der Waals surface area contributed by atoms with Gasteiger partial charge in [0.2, 0.25) is 0 Å². The smallest absolute Gasteiger partial charge is 0.191 e. The summed E-state index contributed by atoms with van der Waals surface area (Å²) in [4.78, 5) is 4.40. The zero-order valence-corrected chi connectivity index (χ0v) is 20.3. The van der Waals surface area contributed by atoms with Crippen LogP contribution in [-0.2, 0) is 17.2 Å². The van der Waals surface area contributed by atoms with Gasteiger partial charge in [0.05, 0.1) is 0 Å². The SMILES string of the molecule is CCS(=O)C1CCCC(NC(=NC)NCC(C)(C)Cc2ccccc2)C1.I. The predicted octanol–water partition coefficient (Wildman–Crippen LogP) is 4.12. The van der Waals surface area contributed by atoms with Crippen LogP contribution in [0.2, 0.25) is 0 Å². The van der Waals surface area contributed by atoms with Crippen LogP contribution in [0, 0.1) is 5.41 Å². The molecule has 3 atom stereocenters. The highest BCUT2D eigenvalue weighted by molar-refractivity contribution is 14.0. The molecule has 0 spiro atoms. The van der Waals surface area contributed by atoms with E-state index in [1.807, 2.05) is 14.0 Å². The Bertz CT molecular complexity index is 607. The van der Waals surface area contributed by atoms with Crippen molar-refractivity contribution >= 4 is 40.7 Å². The number of guanidine groups is 1. The topological polar surface area (TPSA) is 53.5 Å². The van der Waals surface area contributed by atoms with Crippen LogP contribution < -0.4 is 10.6 Å². The zero-order chi connectivity index (χ0) is 19.0. The van der Waals surface area contributed by atoms with Crippen molar-refractivity contribution in [2.24, 2.45) is 10.4 Å². The van der Waals surface area contributed by atoms with Gasteiger partial charge in [-0.1, -0.05) is 57.5 Å². The van der Waals surface area contributed by atoms with Gasteiger partial charge in [0.1, 0.15) is 0 Å². The van der Waals surface area contributed by atoms with Gasteiger partial charge in [-0.25, -0.2) is 0 Å². The van der Waals surface area contributed by atoms with Crippen LogP contribution in [0.25, 0.3) is 0 Å². The molecule has 1 aromatic carbocycles. The normalized spacial score (nSPS) is 21.9. The quantitative estimate of drug-likeness (QED) is 0.333. The van der Waals surface area contributed by atoms with E-state index >= 15 is 0 Å². The molecule has 0 amide bonds. The number of nitrogens with one attached hydrogen (secondary N) is 2. The molecule has 0 heterocycles. The van der Waals surface area contributed by atoms with Gasteiger partial charge >= 0.3 is 0 Å². The maximum atomic E-state index is 12.1. The van der Waals surface area contributed by atoms with E-state index in [-0.39, 0.29) is 29.4 Å². The van der Waals surface area contributed by atoms with Gasteiger partial charge in [0, 0.05) is 41.4 Å². The molecule has 0 bridgehead atoms. The summed E-state index contributed by atoms with van der Waals surface area (Å²) < 4.78 is 12.1. The zero-order valence-electron chi connectivity index (χ0n) is 17.2. The second kappa shape index (κ2) is 12.0. The number of hydrogen-bond acceptors (Lipinski definition) is 2. The van der Waals surface area contributed by atoms with Crippen molar-refractivity contribution in [3.05, 3.63) is 35.9 Å². The Morgan fingerprint density at radius 2 is 1.96 bits per heavy atom. The molecule has 0 radical (unpaired) electrons. The lowest BCUT2D eigenvalue weighted by Crippen LogP contribution is -2.48. The number of benzene rings is 1. The number of rotatable bonds is 7. The van der Waals surface area contributed by atoms with E-state index in [0.717, 1.165) is 50.4 Å².